The standard InChI is InChI=1S/C26H30N4O4/c1-17-7-6-8-18(2)24(17)28-23(31)16-27-25(32)19(3)29-11-13-30(14-12-29)26(33)22-15-20-9-4-5-10-21(20)34-22/h4-10,15,19H,11-14,16H2,1-3H3,(H,27,32)(H,28,31). The van der Waals surface area contributed by atoms with Crippen LogP contribution in [0.25, 0.3) is 11.0 Å². The van der Waals surface area contributed by atoms with Gasteiger partial charge in [0, 0.05) is 37.3 Å². The number of anilines is 1. The second-order valence-electron chi connectivity index (χ2n) is 8.69. The predicted molar refractivity (Wildman–Crippen MR) is 131 cm³/mol. The SMILES string of the molecule is Cc1cccc(C)c1NC(=O)CNC(=O)C(C)N1CCN(C(=O)c2cc3ccccc3o2)CC1. The molecule has 4 rings (SSSR count). The van der Waals surface area contributed by atoms with E-state index in [9.17, 15) is 14.4 Å². The number of benzene rings is 2. The van der Waals surface area contributed by atoms with Gasteiger partial charge in [-0.05, 0) is 44.0 Å². The molecule has 2 aromatic carbocycles. The zero-order valence-corrected chi connectivity index (χ0v) is 19.8. The molecule has 8 heteroatoms. The van der Waals surface area contributed by atoms with Crippen molar-refractivity contribution in [2.75, 3.05) is 38.0 Å². The van der Waals surface area contributed by atoms with Crippen molar-refractivity contribution in [2.24, 2.45) is 0 Å². The van der Waals surface area contributed by atoms with Crippen LogP contribution >= 0.6 is 0 Å². The Balaban J connectivity index is 1.25. The van der Waals surface area contributed by atoms with Crippen LogP contribution in [0.4, 0.5) is 5.69 Å². The lowest BCUT2D eigenvalue weighted by atomic mass is 10.1. The van der Waals surface area contributed by atoms with Gasteiger partial charge >= 0.3 is 0 Å². The molecule has 0 radical (unpaired) electrons. The Morgan fingerprint density at radius 1 is 0.971 bits per heavy atom. The monoisotopic (exact) mass is 462 g/mol. The van der Waals surface area contributed by atoms with E-state index < -0.39 is 6.04 Å². The normalized spacial score (nSPS) is 15.2. The van der Waals surface area contributed by atoms with Gasteiger partial charge in [-0.2, -0.15) is 0 Å². The minimum Gasteiger partial charge on any atom is -0.451 e. The highest BCUT2D eigenvalue weighted by molar-refractivity contribution is 5.97. The quantitative estimate of drug-likeness (QED) is 0.587. The molecule has 0 spiro atoms. The first-order valence-electron chi connectivity index (χ1n) is 11.5. The van der Waals surface area contributed by atoms with E-state index in [0.29, 0.717) is 37.5 Å². The summed E-state index contributed by atoms with van der Waals surface area (Å²) in [6.07, 6.45) is 0. The number of piperazine rings is 1. The molecule has 1 aliphatic heterocycles. The summed E-state index contributed by atoms with van der Waals surface area (Å²) in [7, 11) is 0. The number of hydrogen-bond donors (Lipinski definition) is 2. The van der Waals surface area contributed by atoms with Crippen LogP contribution in [0.3, 0.4) is 0 Å². The Hall–Kier alpha value is -3.65. The van der Waals surface area contributed by atoms with Crippen molar-refractivity contribution in [2.45, 2.75) is 26.8 Å². The lowest BCUT2D eigenvalue weighted by molar-refractivity contribution is -0.128. The predicted octanol–water partition coefficient (Wildman–Crippen LogP) is 2.95. The summed E-state index contributed by atoms with van der Waals surface area (Å²) < 4.78 is 5.70. The van der Waals surface area contributed by atoms with Crippen LogP contribution in [0, 0.1) is 13.8 Å². The summed E-state index contributed by atoms with van der Waals surface area (Å²) in [6, 6.07) is 14.7. The first-order valence-corrected chi connectivity index (χ1v) is 11.5. The first kappa shape index (κ1) is 23.5. The Bertz CT molecular complexity index is 1160. The molecule has 0 saturated carbocycles. The van der Waals surface area contributed by atoms with Gasteiger partial charge in [-0.15, -0.1) is 0 Å². The third-order valence-electron chi connectivity index (χ3n) is 6.33. The molecule has 3 amide bonds. The average Bonchev–Trinajstić information content (AvgIpc) is 3.28. The number of aryl methyl sites for hydroxylation is 2. The first-order chi connectivity index (χ1) is 16.3. The molecule has 0 aliphatic carbocycles. The second kappa shape index (κ2) is 10.1. The van der Waals surface area contributed by atoms with Crippen LogP contribution in [0.15, 0.2) is 52.9 Å². The Kier molecular flexibility index (Phi) is 6.98. The van der Waals surface area contributed by atoms with E-state index in [1.165, 1.54) is 0 Å². The smallest absolute Gasteiger partial charge is 0.289 e. The molecule has 2 N–H and O–H groups in total. The topological polar surface area (TPSA) is 94.9 Å². The second-order valence-corrected chi connectivity index (χ2v) is 8.69. The van der Waals surface area contributed by atoms with Gasteiger partial charge in [0.2, 0.25) is 11.8 Å². The summed E-state index contributed by atoms with van der Waals surface area (Å²) in [6.45, 7) is 7.71. The van der Waals surface area contributed by atoms with Gasteiger partial charge in [0.15, 0.2) is 5.76 Å². The fourth-order valence-corrected chi connectivity index (χ4v) is 4.23. The Labute approximate surface area is 198 Å². The Morgan fingerprint density at radius 2 is 1.65 bits per heavy atom. The molecule has 1 saturated heterocycles. The third kappa shape index (κ3) is 5.12. The van der Waals surface area contributed by atoms with Crippen molar-refractivity contribution >= 4 is 34.4 Å². The summed E-state index contributed by atoms with van der Waals surface area (Å²) in [4.78, 5) is 41.6. The van der Waals surface area contributed by atoms with E-state index in [0.717, 1.165) is 22.2 Å². The molecule has 0 bridgehead atoms. The van der Waals surface area contributed by atoms with Gasteiger partial charge in [0.25, 0.3) is 5.91 Å². The van der Waals surface area contributed by atoms with E-state index in [2.05, 4.69) is 10.6 Å². The largest absolute Gasteiger partial charge is 0.451 e. The average molecular weight is 463 g/mol. The molecular weight excluding hydrogens is 432 g/mol. The van der Waals surface area contributed by atoms with Gasteiger partial charge in [0.05, 0.1) is 12.6 Å². The van der Waals surface area contributed by atoms with Crippen LogP contribution in [0.1, 0.15) is 28.6 Å². The highest BCUT2D eigenvalue weighted by Crippen LogP contribution is 2.21. The van der Waals surface area contributed by atoms with Crippen molar-refractivity contribution in [3.8, 4) is 0 Å². The molecule has 34 heavy (non-hydrogen) atoms. The van der Waals surface area contributed by atoms with Crippen molar-refractivity contribution in [3.63, 3.8) is 0 Å². The fraction of sp³-hybridized carbons (Fsp3) is 0.346. The number of hydrogen-bond acceptors (Lipinski definition) is 5. The molecule has 3 aromatic rings. The number of nitrogens with one attached hydrogen (secondary N) is 2. The van der Waals surface area contributed by atoms with Gasteiger partial charge in [-0.1, -0.05) is 36.4 Å². The summed E-state index contributed by atoms with van der Waals surface area (Å²) in [5.41, 5.74) is 3.42. The number of carbonyl (C=O) groups is 3. The maximum atomic E-state index is 12.8. The van der Waals surface area contributed by atoms with Crippen LogP contribution in [-0.4, -0.2) is 66.3 Å². The van der Waals surface area contributed by atoms with Crippen LogP contribution < -0.4 is 10.6 Å². The van der Waals surface area contributed by atoms with E-state index in [-0.39, 0.29) is 24.3 Å². The highest BCUT2D eigenvalue weighted by atomic mass is 16.3. The zero-order chi connectivity index (χ0) is 24.2. The minimum absolute atomic E-state index is 0.0958. The number of carbonyl (C=O) groups excluding carboxylic acids is 3. The highest BCUT2D eigenvalue weighted by Gasteiger charge is 2.29. The van der Waals surface area contributed by atoms with Crippen molar-refractivity contribution in [1.29, 1.82) is 0 Å². The van der Waals surface area contributed by atoms with Crippen molar-refractivity contribution < 1.29 is 18.8 Å². The lowest BCUT2D eigenvalue weighted by Gasteiger charge is -2.37. The number of fused-ring (bicyclic) bond motifs is 1. The van der Waals surface area contributed by atoms with E-state index in [4.69, 9.17) is 4.42 Å². The molecule has 178 valence electrons. The Morgan fingerprint density at radius 3 is 2.32 bits per heavy atom. The molecule has 2 heterocycles. The van der Waals surface area contributed by atoms with E-state index in [1.54, 1.807) is 11.0 Å². The molecular formula is C26H30N4O4. The van der Waals surface area contributed by atoms with Gasteiger partial charge in [0.1, 0.15) is 5.58 Å². The molecule has 1 fully saturated rings. The van der Waals surface area contributed by atoms with E-state index >= 15 is 0 Å². The van der Waals surface area contributed by atoms with Crippen LogP contribution in [-0.2, 0) is 9.59 Å². The number of furan rings is 1. The fourth-order valence-electron chi connectivity index (χ4n) is 4.23. The lowest BCUT2D eigenvalue weighted by Crippen LogP contribution is -2.55. The van der Waals surface area contributed by atoms with E-state index in [1.807, 2.05) is 68.1 Å². The number of rotatable bonds is 6. The third-order valence-corrected chi connectivity index (χ3v) is 6.33. The maximum absolute atomic E-state index is 12.8. The minimum atomic E-state index is -0.406. The molecule has 1 aliphatic rings. The number of amides is 3. The van der Waals surface area contributed by atoms with Gasteiger partial charge in [-0.25, -0.2) is 0 Å². The summed E-state index contributed by atoms with van der Waals surface area (Å²) >= 11 is 0. The van der Waals surface area contributed by atoms with Crippen molar-refractivity contribution in [1.82, 2.24) is 15.1 Å². The molecule has 1 aromatic heterocycles. The van der Waals surface area contributed by atoms with Crippen LogP contribution in [0.2, 0.25) is 0 Å². The maximum Gasteiger partial charge on any atom is 0.289 e. The zero-order valence-electron chi connectivity index (χ0n) is 19.8. The number of para-hydroxylation sites is 2. The molecule has 1 atom stereocenters. The molecule has 1 unspecified atom stereocenters. The number of nitrogens with zero attached hydrogens (tertiary/aromatic N) is 2. The van der Waals surface area contributed by atoms with Gasteiger partial charge < -0.3 is 20.0 Å². The summed E-state index contributed by atoms with van der Waals surface area (Å²) in [5, 5.41) is 6.50. The molecule has 8 nitrogen and oxygen atoms in total. The van der Waals surface area contributed by atoms with Gasteiger partial charge in [-0.3, -0.25) is 19.3 Å². The summed E-state index contributed by atoms with van der Waals surface area (Å²) in [5.74, 6) is -0.292. The van der Waals surface area contributed by atoms with Crippen LogP contribution in [0.5, 0.6) is 0 Å². The van der Waals surface area contributed by atoms with Crippen molar-refractivity contribution in [3.05, 3.63) is 65.4 Å².